The first-order chi connectivity index (χ1) is 3.45. The van der Waals surface area contributed by atoms with Crippen LogP contribution in [0.3, 0.4) is 0 Å². The molecule has 2 bridgehead atoms. The molecule has 0 aromatic heterocycles. The standard InChI is InChI=1S/C6H11N/c1-2-6-3-5(1)4-7-6/h5-7H,1-4H2/p+1/t5-,6-/m1/s1. The maximum Gasteiger partial charge on any atom is 0.0864 e. The van der Waals surface area contributed by atoms with Crippen molar-refractivity contribution in [2.45, 2.75) is 25.3 Å². The summed E-state index contributed by atoms with van der Waals surface area (Å²) in [6, 6.07) is 1.05. The van der Waals surface area contributed by atoms with E-state index in [1.165, 1.54) is 25.8 Å². The molecule has 0 aromatic carbocycles. The Morgan fingerprint density at radius 1 is 1.29 bits per heavy atom. The van der Waals surface area contributed by atoms with Gasteiger partial charge in [0.1, 0.15) is 0 Å². The highest BCUT2D eigenvalue weighted by molar-refractivity contribution is 4.77. The van der Waals surface area contributed by atoms with Gasteiger partial charge in [0.05, 0.1) is 12.6 Å². The van der Waals surface area contributed by atoms with Gasteiger partial charge >= 0.3 is 0 Å². The van der Waals surface area contributed by atoms with Gasteiger partial charge in [0.25, 0.3) is 0 Å². The Balaban J connectivity index is 2.12. The van der Waals surface area contributed by atoms with E-state index in [-0.39, 0.29) is 0 Å². The van der Waals surface area contributed by atoms with E-state index in [1.54, 1.807) is 0 Å². The van der Waals surface area contributed by atoms with E-state index in [0.717, 1.165) is 12.0 Å². The minimum Gasteiger partial charge on any atom is -0.344 e. The zero-order valence-corrected chi connectivity index (χ0v) is 4.56. The van der Waals surface area contributed by atoms with Gasteiger partial charge in [0.2, 0.25) is 0 Å². The second-order valence-corrected chi connectivity index (χ2v) is 2.91. The lowest BCUT2D eigenvalue weighted by atomic mass is 10.1. The molecule has 1 aliphatic heterocycles. The van der Waals surface area contributed by atoms with Crippen LogP contribution in [-0.2, 0) is 0 Å². The van der Waals surface area contributed by atoms with Gasteiger partial charge in [-0.1, -0.05) is 0 Å². The van der Waals surface area contributed by atoms with Crippen molar-refractivity contribution in [1.29, 1.82) is 0 Å². The monoisotopic (exact) mass is 98.1 g/mol. The van der Waals surface area contributed by atoms with Gasteiger partial charge in [0.15, 0.2) is 0 Å². The van der Waals surface area contributed by atoms with Gasteiger partial charge in [-0.15, -0.1) is 0 Å². The highest BCUT2D eigenvalue weighted by atomic mass is 15.0. The number of hydrogen-bond acceptors (Lipinski definition) is 0. The van der Waals surface area contributed by atoms with Crippen molar-refractivity contribution in [2.24, 2.45) is 5.92 Å². The molecule has 2 N–H and O–H groups in total. The molecule has 0 spiro atoms. The van der Waals surface area contributed by atoms with Crippen LogP contribution in [0.2, 0.25) is 0 Å². The molecule has 2 fully saturated rings. The van der Waals surface area contributed by atoms with Crippen molar-refractivity contribution < 1.29 is 5.32 Å². The fourth-order valence-corrected chi connectivity index (χ4v) is 1.93. The molecule has 0 aromatic rings. The van der Waals surface area contributed by atoms with E-state index in [2.05, 4.69) is 5.32 Å². The number of nitrogens with two attached hydrogens (primary N) is 1. The van der Waals surface area contributed by atoms with Crippen molar-refractivity contribution in [3.63, 3.8) is 0 Å². The summed E-state index contributed by atoms with van der Waals surface area (Å²) in [5.74, 6) is 1.12. The van der Waals surface area contributed by atoms with Gasteiger partial charge in [-0.2, -0.15) is 0 Å². The van der Waals surface area contributed by atoms with E-state index in [1.807, 2.05) is 0 Å². The molecule has 1 heteroatoms. The quantitative estimate of drug-likeness (QED) is 0.429. The summed E-state index contributed by atoms with van der Waals surface area (Å²) in [5, 5.41) is 2.51. The van der Waals surface area contributed by atoms with E-state index >= 15 is 0 Å². The minimum absolute atomic E-state index is 1.05. The largest absolute Gasteiger partial charge is 0.344 e. The molecular formula is C6H12N+. The third-order valence-electron chi connectivity index (χ3n) is 2.38. The van der Waals surface area contributed by atoms with Crippen molar-refractivity contribution in [3.05, 3.63) is 0 Å². The Morgan fingerprint density at radius 3 is 2.43 bits per heavy atom. The van der Waals surface area contributed by atoms with E-state index in [9.17, 15) is 0 Å². The van der Waals surface area contributed by atoms with E-state index < -0.39 is 0 Å². The van der Waals surface area contributed by atoms with Crippen LogP contribution in [0, 0.1) is 5.92 Å². The Bertz CT molecular complexity index is 62.2. The molecule has 1 saturated carbocycles. The maximum absolute atomic E-state index is 2.51. The number of quaternary nitrogens is 1. The topological polar surface area (TPSA) is 16.6 Å². The van der Waals surface area contributed by atoms with Crippen molar-refractivity contribution in [3.8, 4) is 0 Å². The van der Waals surface area contributed by atoms with Crippen LogP contribution in [0.1, 0.15) is 19.3 Å². The first-order valence-corrected chi connectivity index (χ1v) is 3.28. The van der Waals surface area contributed by atoms with Gasteiger partial charge in [-0.3, -0.25) is 0 Å². The Morgan fingerprint density at radius 2 is 2.29 bits per heavy atom. The van der Waals surface area contributed by atoms with Crippen LogP contribution in [-0.4, -0.2) is 12.6 Å². The minimum atomic E-state index is 1.05. The molecule has 2 rings (SSSR count). The zero-order valence-electron chi connectivity index (χ0n) is 4.56. The summed E-state index contributed by atoms with van der Waals surface area (Å²) < 4.78 is 0. The summed E-state index contributed by atoms with van der Waals surface area (Å²) >= 11 is 0. The predicted octanol–water partition coefficient (Wildman–Crippen LogP) is -0.268. The third kappa shape index (κ3) is 0.480. The Hall–Kier alpha value is -0.0400. The van der Waals surface area contributed by atoms with Crippen LogP contribution in [0.4, 0.5) is 0 Å². The first kappa shape index (κ1) is 3.90. The molecule has 1 nitrogen and oxygen atoms in total. The first-order valence-electron chi connectivity index (χ1n) is 3.28. The predicted molar refractivity (Wildman–Crippen MR) is 27.9 cm³/mol. The molecule has 0 unspecified atom stereocenters. The van der Waals surface area contributed by atoms with Crippen LogP contribution >= 0.6 is 0 Å². The summed E-state index contributed by atoms with van der Waals surface area (Å²) in [5.41, 5.74) is 0. The summed E-state index contributed by atoms with van der Waals surface area (Å²) in [7, 11) is 0. The lowest BCUT2D eigenvalue weighted by Gasteiger charge is -2.04. The average Bonchev–Trinajstić information content (AvgIpc) is 2.22. The number of piperidine rings is 1. The molecule has 1 aliphatic carbocycles. The highest BCUT2D eigenvalue weighted by Crippen LogP contribution is 2.25. The number of fused-ring (bicyclic) bond motifs is 2. The smallest absolute Gasteiger partial charge is 0.0864 e. The summed E-state index contributed by atoms with van der Waals surface area (Å²) in [6.07, 6.45) is 4.56. The molecule has 2 aliphatic rings. The molecule has 2 atom stereocenters. The second kappa shape index (κ2) is 1.22. The van der Waals surface area contributed by atoms with Crippen molar-refractivity contribution in [2.75, 3.05) is 6.54 Å². The average molecular weight is 98.2 g/mol. The number of rotatable bonds is 0. The summed E-state index contributed by atoms with van der Waals surface area (Å²) in [4.78, 5) is 0. The fraction of sp³-hybridized carbons (Fsp3) is 1.00. The van der Waals surface area contributed by atoms with Gasteiger partial charge in [-0.05, 0) is 12.8 Å². The van der Waals surface area contributed by atoms with Crippen molar-refractivity contribution in [1.82, 2.24) is 0 Å². The zero-order chi connectivity index (χ0) is 4.69. The molecule has 0 amide bonds. The lowest BCUT2D eigenvalue weighted by Crippen LogP contribution is -2.87. The molecule has 7 heavy (non-hydrogen) atoms. The Kier molecular flexibility index (Phi) is 0.680. The van der Waals surface area contributed by atoms with Gasteiger partial charge in [0, 0.05) is 12.3 Å². The second-order valence-electron chi connectivity index (χ2n) is 2.91. The van der Waals surface area contributed by atoms with Crippen LogP contribution in [0.5, 0.6) is 0 Å². The summed E-state index contributed by atoms with van der Waals surface area (Å²) in [6.45, 7) is 1.44. The van der Waals surface area contributed by atoms with Crippen LogP contribution in [0.25, 0.3) is 0 Å². The molecule has 1 saturated heterocycles. The normalized spacial score (nSPS) is 48.0. The third-order valence-corrected chi connectivity index (χ3v) is 2.38. The van der Waals surface area contributed by atoms with Crippen LogP contribution in [0.15, 0.2) is 0 Å². The molecular weight excluding hydrogens is 86.1 g/mol. The maximum atomic E-state index is 2.51. The highest BCUT2D eigenvalue weighted by Gasteiger charge is 2.34. The molecule has 1 heterocycles. The van der Waals surface area contributed by atoms with E-state index in [4.69, 9.17) is 0 Å². The van der Waals surface area contributed by atoms with Gasteiger partial charge in [-0.25, -0.2) is 0 Å². The Labute approximate surface area is 44.1 Å². The van der Waals surface area contributed by atoms with Crippen molar-refractivity contribution >= 4 is 0 Å². The molecule has 40 valence electrons. The van der Waals surface area contributed by atoms with Crippen LogP contribution < -0.4 is 5.32 Å². The van der Waals surface area contributed by atoms with E-state index in [0.29, 0.717) is 0 Å². The molecule has 0 radical (unpaired) electrons. The lowest BCUT2D eigenvalue weighted by molar-refractivity contribution is -0.677. The number of hydrogen-bond donors (Lipinski definition) is 1. The van der Waals surface area contributed by atoms with Gasteiger partial charge < -0.3 is 5.32 Å². The fourth-order valence-electron chi connectivity index (χ4n) is 1.93. The SMILES string of the molecule is C1C[C@@H]2C[C@@H]1C[NH2+]2.